The van der Waals surface area contributed by atoms with Gasteiger partial charge in [-0.2, -0.15) is 10.5 Å². The Morgan fingerprint density at radius 3 is 0.910 bits per heavy atom. The smallest absolute Gasteiger partial charge is 0.100 e. The van der Waals surface area contributed by atoms with Crippen LogP contribution in [0.15, 0.2) is 170 Å². The lowest BCUT2D eigenvalue weighted by Gasteiger charge is -2.23. The molecule has 13 rings (SSSR count). The highest BCUT2D eigenvalue weighted by molar-refractivity contribution is 6.16. The zero-order valence-corrected chi connectivity index (χ0v) is 37.6. The van der Waals surface area contributed by atoms with Crippen molar-refractivity contribution in [2.24, 2.45) is 21.1 Å². The lowest BCUT2D eigenvalue weighted by Crippen LogP contribution is -2.03. The maximum Gasteiger partial charge on any atom is 0.100 e. The first kappa shape index (κ1) is 38.6. The highest BCUT2D eigenvalue weighted by Gasteiger charge is 2.30. The molecule has 13 aromatic rings. The third-order valence-electron chi connectivity index (χ3n) is 14.7. The van der Waals surface area contributed by atoms with Crippen LogP contribution in [0.5, 0.6) is 0 Å². The fraction of sp³-hybridized carbons (Fsp3) is 0.0820. The minimum Gasteiger partial charge on any atom is -0.344 e. The molecule has 316 valence electrons. The van der Waals surface area contributed by atoms with Crippen LogP contribution in [0.1, 0.15) is 18.1 Å². The van der Waals surface area contributed by atoms with E-state index in [1.807, 2.05) is 0 Å². The molecule has 0 radical (unpaired) electrons. The van der Waals surface area contributed by atoms with Crippen molar-refractivity contribution in [1.29, 1.82) is 10.5 Å². The highest BCUT2D eigenvalue weighted by atomic mass is 15.0. The van der Waals surface area contributed by atoms with Crippen molar-refractivity contribution >= 4 is 87.2 Å². The number of para-hydroxylation sites is 4. The van der Waals surface area contributed by atoms with Gasteiger partial charge < -0.3 is 18.3 Å². The fourth-order valence-electron chi connectivity index (χ4n) is 11.6. The van der Waals surface area contributed by atoms with Crippen molar-refractivity contribution in [2.75, 3.05) is 0 Å². The van der Waals surface area contributed by atoms with Crippen molar-refractivity contribution in [3.8, 4) is 56.6 Å². The van der Waals surface area contributed by atoms with E-state index in [0.717, 1.165) is 133 Å². The molecule has 4 heterocycles. The maximum absolute atomic E-state index is 12.0. The van der Waals surface area contributed by atoms with E-state index < -0.39 is 0 Å². The summed E-state index contributed by atoms with van der Waals surface area (Å²) in [5.74, 6) is 0. The van der Waals surface area contributed by atoms with Gasteiger partial charge in [0.2, 0.25) is 0 Å². The van der Waals surface area contributed by atoms with Crippen LogP contribution in [0, 0.1) is 22.7 Å². The fourth-order valence-corrected chi connectivity index (χ4v) is 11.6. The number of benzene rings is 9. The van der Waals surface area contributed by atoms with Gasteiger partial charge in [0.1, 0.15) is 12.1 Å². The first-order valence-electron chi connectivity index (χ1n) is 22.9. The Hall–Kier alpha value is -8.84. The van der Waals surface area contributed by atoms with E-state index >= 15 is 0 Å². The standard InChI is InChI=1S/C61H42N6/c1-5-67-56-21-13-9-17-43(56)47-33-39(25-29-57(47)67)61-49(35-63)59(37-23-27-54-45(31-37)41-15-7-11-19-51(41)65(54)3)58(36-22-26-53-44(30-36)40-14-6-10-18-50(40)64(53)2)48(34-62)60(61)38-24-28-55-46(32-38)42-16-8-12-20-52(42)66(55)4/h6-33H,5H2,1-4H3. The second-order valence-corrected chi connectivity index (χ2v) is 17.9. The Labute approximate surface area is 386 Å². The number of rotatable bonds is 5. The number of aryl methyl sites for hydroxylation is 4. The van der Waals surface area contributed by atoms with Crippen LogP contribution in [-0.2, 0) is 27.7 Å². The summed E-state index contributed by atoms with van der Waals surface area (Å²) in [5, 5.41) is 33.0. The number of nitriles is 2. The Balaban J connectivity index is 1.23. The van der Waals surface area contributed by atoms with Gasteiger partial charge >= 0.3 is 0 Å². The van der Waals surface area contributed by atoms with Crippen LogP contribution in [0.3, 0.4) is 0 Å². The zero-order chi connectivity index (χ0) is 45.2. The van der Waals surface area contributed by atoms with E-state index in [1.54, 1.807) is 0 Å². The Bertz CT molecular complexity index is 4380. The maximum atomic E-state index is 12.0. The molecule has 0 atom stereocenters. The highest BCUT2D eigenvalue weighted by Crippen LogP contribution is 2.51. The summed E-state index contributed by atoms with van der Waals surface area (Å²) >= 11 is 0. The molecule has 67 heavy (non-hydrogen) atoms. The topological polar surface area (TPSA) is 67.3 Å². The molecule has 0 saturated carbocycles. The molecule has 0 fully saturated rings. The normalized spacial score (nSPS) is 11.9. The van der Waals surface area contributed by atoms with E-state index in [1.165, 1.54) is 5.52 Å². The van der Waals surface area contributed by atoms with Crippen molar-refractivity contribution in [3.05, 3.63) is 181 Å². The molecule has 6 nitrogen and oxygen atoms in total. The van der Waals surface area contributed by atoms with Crippen molar-refractivity contribution in [2.45, 2.75) is 13.5 Å². The van der Waals surface area contributed by atoms with Gasteiger partial charge in [-0.15, -0.1) is 0 Å². The number of fused-ring (bicyclic) bond motifs is 12. The van der Waals surface area contributed by atoms with Crippen LogP contribution in [-0.4, -0.2) is 18.3 Å². The summed E-state index contributed by atoms with van der Waals surface area (Å²) in [6.45, 7) is 3.00. The number of nitrogens with zero attached hydrogens (tertiary/aromatic N) is 6. The first-order valence-corrected chi connectivity index (χ1v) is 22.9. The van der Waals surface area contributed by atoms with E-state index in [4.69, 9.17) is 0 Å². The second-order valence-electron chi connectivity index (χ2n) is 17.9. The molecule has 0 saturated heterocycles. The van der Waals surface area contributed by atoms with Crippen LogP contribution in [0.4, 0.5) is 0 Å². The van der Waals surface area contributed by atoms with Gasteiger partial charge in [0, 0.05) is 137 Å². The number of hydrogen-bond acceptors (Lipinski definition) is 2. The van der Waals surface area contributed by atoms with E-state index in [0.29, 0.717) is 11.1 Å². The number of aromatic nitrogens is 4. The SMILES string of the molecule is CCn1c2ccccc2c2cc(-c3c(C#N)c(-c4ccc5c(c4)c4ccccc4n5C)c(-c4ccc5c(c4)c4ccccc4n5C)c(C#N)c3-c3ccc4c(c3)c3ccccc3n4C)ccc21. The molecule has 0 unspecified atom stereocenters. The van der Waals surface area contributed by atoms with Crippen LogP contribution in [0.25, 0.3) is 132 Å². The van der Waals surface area contributed by atoms with E-state index in [2.05, 4.69) is 228 Å². The molecule has 6 heteroatoms. The molecule has 0 aliphatic heterocycles. The van der Waals surface area contributed by atoms with Gasteiger partial charge in [-0.3, -0.25) is 0 Å². The van der Waals surface area contributed by atoms with E-state index in [-0.39, 0.29) is 0 Å². The van der Waals surface area contributed by atoms with Crippen molar-refractivity contribution < 1.29 is 0 Å². The van der Waals surface area contributed by atoms with Gasteiger partial charge in [0.25, 0.3) is 0 Å². The Morgan fingerprint density at radius 2 is 0.582 bits per heavy atom. The third kappa shape index (κ3) is 5.30. The van der Waals surface area contributed by atoms with Gasteiger partial charge in [-0.05, 0) is 102 Å². The summed E-state index contributed by atoms with van der Waals surface area (Å²) in [5.41, 5.74) is 16.6. The summed E-state index contributed by atoms with van der Waals surface area (Å²) < 4.78 is 9.05. The summed E-state index contributed by atoms with van der Waals surface area (Å²) in [4.78, 5) is 0. The molecular weight excluding hydrogens is 817 g/mol. The molecule has 4 aromatic heterocycles. The predicted octanol–water partition coefficient (Wildman–Crippen LogP) is 15.2. The van der Waals surface area contributed by atoms with Gasteiger partial charge in [0.15, 0.2) is 0 Å². The monoisotopic (exact) mass is 858 g/mol. The van der Waals surface area contributed by atoms with Crippen LogP contribution >= 0.6 is 0 Å². The molecule has 0 aliphatic carbocycles. The molecular formula is C61H42N6. The van der Waals surface area contributed by atoms with Gasteiger partial charge in [-0.25, -0.2) is 0 Å². The summed E-state index contributed by atoms with van der Waals surface area (Å²) in [6, 6.07) is 65.9. The zero-order valence-electron chi connectivity index (χ0n) is 37.6. The quantitative estimate of drug-likeness (QED) is 0.173. The minimum atomic E-state index is 0.525. The molecule has 0 bridgehead atoms. The predicted molar refractivity (Wildman–Crippen MR) is 278 cm³/mol. The Kier molecular flexibility index (Phi) is 8.26. The van der Waals surface area contributed by atoms with Crippen molar-refractivity contribution in [1.82, 2.24) is 18.3 Å². The second kappa shape index (κ2) is 14.3. The van der Waals surface area contributed by atoms with Gasteiger partial charge in [0.05, 0.1) is 11.1 Å². The lowest BCUT2D eigenvalue weighted by atomic mass is 9.77. The summed E-state index contributed by atoms with van der Waals surface area (Å²) in [7, 11) is 6.32. The largest absolute Gasteiger partial charge is 0.344 e. The first-order chi connectivity index (χ1) is 32.9. The lowest BCUT2D eigenvalue weighted by molar-refractivity contribution is 0.827. The number of hydrogen-bond donors (Lipinski definition) is 0. The average molecular weight is 859 g/mol. The minimum absolute atomic E-state index is 0.525. The van der Waals surface area contributed by atoms with Gasteiger partial charge in [-0.1, -0.05) is 97.1 Å². The van der Waals surface area contributed by atoms with Crippen LogP contribution < -0.4 is 0 Å². The summed E-state index contributed by atoms with van der Waals surface area (Å²) in [6.07, 6.45) is 0. The molecule has 0 aliphatic rings. The van der Waals surface area contributed by atoms with Crippen LogP contribution in [0.2, 0.25) is 0 Å². The Morgan fingerprint density at radius 1 is 0.328 bits per heavy atom. The average Bonchev–Trinajstić information content (AvgIpc) is 4.06. The third-order valence-corrected chi connectivity index (χ3v) is 14.7. The molecule has 9 aromatic carbocycles. The van der Waals surface area contributed by atoms with Crippen molar-refractivity contribution in [3.63, 3.8) is 0 Å². The molecule has 0 amide bonds. The molecule has 0 N–H and O–H groups in total. The van der Waals surface area contributed by atoms with E-state index in [9.17, 15) is 10.5 Å². The molecule has 0 spiro atoms.